The van der Waals surface area contributed by atoms with Crippen LogP contribution in [0, 0.1) is 0 Å². The summed E-state index contributed by atoms with van der Waals surface area (Å²) >= 11 is 1.26. The third-order valence-corrected chi connectivity index (χ3v) is 3.65. The molecule has 21 heavy (non-hydrogen) atoms. The number of ether oxygens (including phenoxy) is 1. The maximum Gasteiger partial charge on any atom is 0.271 e. The predicted molar refractivity (Wildman–Crippen MR) is 79.8 cm³/mol. The molecule has 1 atom stereocenters. The predicted octanol–water partition coefficient (Wildman–Crippen LogP) is 2.14. The van der Waals surface area contributed by atoms with Crippen molar-refractivity contribution in [3.05, 3.63) is 11.5 Å². The lowest BCUT2D eigenvalue weighted by Gasteiger charge is -2.21. The summed E-state index contributed by atoms with van der Waals surface area (Å²) in [6, 6.07) is 0. The third-order valence-electron chi connectivity index (χ3n) is 2.89. The normalized spacial score (nSPS) is 14.6. The fourth-order valence-electron chi connectivity index (χ4n) is 1.72. The van der Waals surface area contributed by atoms with Crippen LogP contribution in [0.4, 0.5) is 0 Å². The van der Waals surface area contributed by atoms with Crippen LogP contribution in [-0.4, -0.2) is 32.4 Å². The highest BCUT2D eigenvalue weighted by Crippen LogP contribution is 2.27. The van der Waals surface area contributed by atoms with Crippen molar-refractivity contribution in [1.82, 2.24) is 19.7 Å². The van der Waals surface area contributed by atoms with Crippen molar-refractivity contribution in [3.8, 4) is 10.8 Å². The van der Waals surface area contributed by atoms with E-state index in [0.29, 0.717) is 18.3 Å². The van der Waals surface area contributed by atoms with Gasteiger partial charge in [-0.3, -0.25) is 0 Å². The molecule has 0 bridgehead atoms. The minimum absolute atomic E-state index is 0.0982. The quantitative estimate of drug-likeness (QED) is 0.836. The molecule has 116 valence electrons. The molecule has 0 fully saturated rings. The van der Waals surface area contributed by atoms with Crippen LogP contribution < -0.4 is 5.73 Å². The number of rotatable bonds is 7. The maximum atomic E-state index is 6.21. The molecule has 0 saturated carbocycles. The summed E-state index contributed by atoms with van der Waals surface area (Å²) in [4.78, 5) is 5.21. The van der Waals surface area contributed by atoms with Gasteiger partial charge in [0.1, 0.15) is 10.4 Å². The van der Waals surface area contributed by atoms with Crippen molar-refractivity contribution >= 4 is 11.5 Å². The Hall–Kier alpha value is -1.38. The minimum atomic E-state index is -0.797. The maximum absolute atomic E-state index is 6.21. The zero-order valence-corrected chi connectivity index (χ0v) is 13.6. The second-order valence-corrected chi connectivity index (χ2v) is 6.25. The molecule has 0 amide bonds. The lowest BCUT2D eigenvalue weighted by atomic mass is 10.1. The molecular weight excluding hydrogens is 290 g/mol. The molecule has 2 N–H and O–H groups in total. The first kappa shape index (κ1) is 16.0. The Kier molecular flexibility index (Phi) is 5.02. The van der Waals surface area contributed by atoms with Crippen LogP contribution in [0.1, 0.15) is 45.6 Å². The summed E-state index contributed by atoms with van der Waals surface area (Å²) in [5.74, 6) is 0.846. The number of hydrogen-bond donors (Lipinski definition) is 1. The van der Waals surface area contributed by atoms with E-state index in [1.807, 2.05) is 20.8 Å². The average Bonchev–Trinajstić information content (AvgIpc) is 3.05. The topological polar surface area (TPSA) is 100.0 Å². The molecule has 2 rings (SSSR count). The Bertz CT molecular complexity index is 579. The first-order valence-corrected chi connectivity index (χ1v) is 7.77. The fraction of sp³-hybridized carbons (Fsp3) is 0.692. The summed E-state index contributed by atoms with van der Waals surface area (Å²) in [7, 11) is 0. The second-order valence-electron chi connectivity index (χ2n) is 5.50. The van der Waals surface area contributed by atoms with E-state index in [9.17, 15) is 0 Å². The Labute approximate surface area is 128 Å². The number of aryl methyl sites for hydroxylation is 1. The van der Waals surface area contributed by atoms with E-state index in [1.54, 1.807) is 0 Å². The fourth-order valence-corrected chi connectivity index (χ4v) is 2.35. The molecule has 0 aliphatic heterocycles. The highest BCUT2D eigenvalue weighted by molar-refractivity contribution is 7.09. The lowest BCUT2D eigenvalue weighted by molar-refractivity contribution is 0.0410. The van der Waals surface area contributed by atoms with Gasteiger partial charge in [0.25, 0.3) is 5.89 Å². The van der Waals surface area contributed by atoms with Crippen LogP contribution in [0.3, 0.4) is 0 Å². The molecule has 7 nitrogen and oxygen atoms in total. The molecule has 0 radical (unpaired) electrons. The van der Waals surface area contributed by atoms with Gasteiger partial charge in [0, 0.05) is 0 Å². The molecule has 1 unspecified atom stereocenters. The first-order valence-electron chi connectivity index (χ1n) is 7.00. The van der Waals surface area contributed by atoms with E-state index in [0.717, 1.165) is 23.4 Å². The number of hydrogen-bond acceptors (Lipinski definition) is 8. The molecule has 0 aliphatic carbocycles. The van der Waals surface area contributed by atoms with Crippen LogP contribution in [0.15, 0.2) is 4.52 Å². The van der Waals surface area contributed by atoms with Crippen molar-refractivity contribution < 1.29 is 9.26 Å². The molecule has 2 aromatic rings. The summed E-state index contributed by atoms with van der Waals surface area (Å²) < 4.78 is 14.8. The Morgan fingerprint density at radius 1 is 1.43 bits per heavy atom. The summed E-state index contributed by atoms with van der Waals surface area (Å²) in [5.41, 5.74) is 6.30. The number of nitrogens with zero attached hydrogens (tertiary/aromatic N) is 4. The molecule has 0 aromatic carbocycles. The average molecular weight is 311 g/mol. The van der Waals surface area contributed by atoms with Gasteiger partial charge in [-0.25, -0.2) is 0 Å². The third kappa shape index (κ3) is 3.84. The first-order chi connectivity index (χ1) is 9.94. The molecular formula is C13H21N5O2S. The van der Waals surface area contributed by atoms with Gasteiger partial charge in [0.2, 0.25) is 0 Å². The van der Waals surface area contributed by atoms with Crippen molar-refractivity contribution in [2.75, 3.05) is 6.61 Å². The van der Waals surface area contributed by atoms with Gasteiger partial charge in [-0.15, -0.1) is 5.10 Å². The second kappa shape index (κ2) is 6.59. The zero-order chi connectivity index (χ0) is 15.5. The molecule has 0 spiro atoms. The van der Waals surface area contributed by atoms with E-state index < -0.39 is 5.54 Å². The van der Waals surface area contributed by atoms with E-state index >= 15 is 0 Å². The van der Waals surface area contributed by atoms with E-state index in [1.165, 1.54) is 11.5 Å². The van der Waals surface area contributed by atoms with E-state index in [2.05, 4.69) is 26.7 Å². The van der Waals surface area contributed by atoms with Crippen LogP contribution in [0.25, 0.3) is 10.8 Å². The molecule has 2 heterocycles. The zero-order valence-electron chi connectivity index (χ0n) is 12.8. The van der Waals surface area contributed by atoms with Gasteiger partial charge in [0.05, 0.1) is 18.4 Å². The van der Waals surface area contributed by atoms with Crippen molar-refractivity contribution in [3.63, 3.8) is 0 Å². The summed E-state index contributed by atoms with van der Waals surface area (Å²) in [5, 5.41) is 8.08. The van der Waals surface area contributed by atoms with Gasteiger partial charge < -0.3 is 15.0 Å². The molecule has 0 aliphatic rings. The van der Waals surface area contributed by atoms with E-state index in [-0.39, 0.29) is 6.10 Å². The van der Waals surface area contributed by atoms with Crippen molar-refractivity contribution in [2.24, 2.45) is 5.73 Å². The monoisotopic (exact) mass is 311 g/mol. The van der Waals surface area contributed by atoms with Crippen molar-refractivity contribution in [1.29, 1.82) is 0 Å². The standard InChI is InChI=1S/C13H21N5O2S/c1-5-6-9-10(21-18-16-9)11-15-12(17-20-11)13(4,14)7-19-8(2)3/h8H,5-7,14H2,1-4H3. The van der Waals surface area contributed by atoms with Crippen molar-refractivity contribution in [2.45, 2.75) is 52.2 Å². The number of aromatic nitrogens is 4. The Balaban J connectivity index is 2.19. The van der Waals surface area contributed by atoms with Crippen LogP contribution in [0.2, 0.25) is 0 Å². The smallest absolute Gasteiger partial charge is 0.271 e. The largest absolute Gasteiger partial charge is 0.376 e. The Morgan fingerprint density at radius 3 is 2.86 bits per heavy atom. The molecule has 2 aromatic heterocycles. The van der Waals surface area contributed by atoms with Gasteiger partial charge in [-0.1, -0.05) is 23.0 Å². The Morgan fingerprint density at radius 2 is 2.19 bits per heavy atom. The van der Waals surface area contributed by atoms with Crippen LogP contribution in [-0.2, 0) is 16.7 Å². The SMILES string of the molecule is CCCc1nnsc1-c1nc(C(C)(N)COC(C)C)no1. The van der Waals surface area contributed by atoms with Gasteiger partial charge in [0.15, 0.2) is 5.82 Å². The van der Waals surface area contributed by atoms with E-state index in [4.69, 9.17) is 15.0 Å². The highest BCUT2D eigenvalue weighted by atomic mass is 32.1. The van der Waals surface area contributed by atoms with Crippen LogP contribution in [0.5, 0.6) is 0 Å². The van der Waals surface area contributed by atoms with Gasteiger partial charge in [-0.2, -0.15) is 4.98 Å². The molecule has 0 saturated heterocycles. The van der Waals surface area contributed by atoms with Crippen LogP contribution >= 0.6 is 11.5 Å². The van der Waals surface area contributed by atoms with Gasteiger partial charge >= 0.3 is 0 Å². The minimum Gasteiger partial charge on any atom is -0.376 e. The van der Waals surface area contributed by atoms with Gasteiger partial charge in [-0.05, 0) is 38.7 Å². The number of nitrogens with two attached hydrogens (primary N) is 1. The lowest BCUT2D eigenvalue weighted by Crippen LogP contribution is -2.40. The highest BCUT2D eigenvalue weighted by Gasteiger charge is 2.29. The molecule has 8 heteroatoms. The summed E-state index contributed by atoms with van der Waals surface area (Å²) in [6.07, 6.45) is 1.91. The summed E-state index contributed by atoms with van der Waals surface area (Å²) in [6.45, 7) is 8.15.